The van der Waals surface area contributed by atoms with Crippen LogP contribution in [0.5, 0.6) is 0 Å². The molecule has 10 aromatic rings. The molecule has 57 heavy (non-hydrogen) atoms. The Hall–Kier alpha value is -7.16. The molecule has 0 saturated carbocycles. The number of rotatable bonds is 6. The predicted octanol–water partition coefficient (Wildman–Crippen LogP) is 15.5. The SMILES string of the molecule is CC1(C)c2ccccc2-c2cccc(N(c3ccc(-c4ccc(-c5ccccc5)cc4)cc3)c3ccc(-c4cccc5ccccc45)c4oc5ccccc5c34)c21. The van der Waals surface area contributed by atoms with Crippen molar-refractivity contribution in [2.75, 3.05) is 4.90 Å². The third-order valence-corrected chi connectivity index (χ3v) is 12.1. The average Bonchev–Trinajstić information content (AvgIpc) is 3.77. The summed E-state index contributed by atoms with van der Waals surface area (Å²) in [6.07, 6.45) is 0. The third-order valence-electron chi connectivity index (χ3n) is 12.1. The minimum Gasteiger partial charge on any atom is -0.455 e. The minimum absolute atomic E-state index is 0.221. The quantitative estimate of drug-likeness (QED) is 0.169. The maximum atomic E-state index is 6.93. The van der Waals surface area contributed by atoms with E-state index in [0.29, 0.717) is 0 Å². The van der Waals surface area contributed by atoms with E-state index in [2.05, 4.69) is 219 Å². The van der Waals surface area contributed by atoms with Crippen molar-refractivity contribution in [1.82, 2.24) is 0 Å². The van der Waals surface area contributed by atoms with Crippen LogP contribution in [0.4, 0.5) is 17.1 Å². The molecule has 11 rings (SSSR count). The Morgan fingerprint density at radius 2 is 0.982 bits per heavy atom. The Labute approximate surface area is 332 Å². The Morgan fingerprint density at radius 1 is 0.404 bits per heavy atom. The minimum atomic E-state index is -0.221. The van der Waals surface area contributed by atoms with Crippen molar-refractivity contribution in [2.45, 2.75) is 19.3 Å². The normalized spacial score (nSPS) is 12.9. The smallest absolute Gasteiger partial charge is 0.145 e. The van der Waals surface area contributed by atoms with E-state index in [1.165, 1.54) is 55.3 Å². The summed E-state index contributed by atoms with van der Waals surface area (Å²) < 4.78 is 6.93. The van der Waals surface area contributed by atoms with Gasteiger partial charge in [-0.25, -0.2) is 0 Å². The van der Waals surface area contributed by atoms with Crippen molar-refractivity contribution in [3.8, 4) is 44.5 Å². The second-order valence-corrected chi connectivity index (χ2v) is 15.7. The van der Waals surface area contributed by atoms with Gasteiger partial charge in [-0.1, -0.05) is 178 Å². The zero-order valence-electron chi connectivity index (χ0n) is 31.9. The molecule has 0 aliphatic heterocycles. The molecule has 9 aromatic carbocycles. The molecule has 0 atom stereocenters. The Kier molecular flexibility index (Phi) is 7.55. The van der Waals surface area contributed by atoms with E-state index >= 15 is 0 Å². The lowest BCUT2D eigenvalue weighted by Gasteiger charge is -2.32. The Balaban J connectivity index is 1.14. The van der Waals surface area contributed by atoms with Crippen LogP contribution in [-0.2, 0) is 5.41 Å². The number of furan rings is 1. The molecule has 1 aromatic heterocycles. The fraction of sp³-hybridized carbons (Fsp3) is 0.0545. The molecule has 0 unspecified atom stereocenters. The molecular weight excluding hydrogens is 691 g/mol. The van der Waals surface area contributed by atoms with Crippen molar-refractivity contribution in [2.24, 2.45) is 0 Å². The van der Waals surface area contributed by atoms with Gasteiger partial charge in [0.05, 0.1) is 16.8 Å². The fourth-order valence-corrected chi connectivity index (χ4v) is 9.37. The van der Waals surface area contributed by atoms with Crippen LogP contribution >= 0.6 is 0 Å². The summed E-state index contributed by atoms with van der Waals surface area (Å²) in [5, 5.41) is 4.61. The first kappa shape index (κ1) is 33.2. The van der Waals surface area contributed by atoms with Gasteiger partial charge in [-0.2, -0.15) is 0 Å². The van der Waals surface area contributed by atoms with Crippen LogP contribution in [0.25, 0.3) is 77.2 Å². The highest BCUT2D eigenvalue weighted by molar-refractivity contribution is 6.18. The van der Waals surface area contributed by atoms with Gasteiger partial charge in [0.2, 0.25) is 0 Å². The van der Waals surface area contributed by atoms with E-state index in [1.807, 2.05) is 0 Å². The van der Waals surface area contributed by atoms with Crippen LogP contribution in [0.15, 0.2) is 205 Å². The largest absolute Gasteiger partial charge is 0.455 e. The first-order chi connectivity index (χ1) is 28.0. The molecule has 1 aliphatic rings. The van der Waals surface area contributed by atoms with Gasteiger partial charge in [-0.05, 0) is 97.2 Å². The Bertz CT molecular complexity index is 3130. The summed E-state index contributed by atoms with van der Waals surface area (Å²) in [7, 11) is 0. The number of hydrogen-bond acceptors (Lipinski definition) is 2. The molecule has 0 bridgehead atoms. The molecule has 0 spiro atoms. The van der Waals surface area contributed by atoms with Crippen LogP contribution in [-0.4, -0.2) is 0 Å². The van der Waals surface area contributed by atoms with Crippen LogP contribution in [0, 0.1) is 0 Å². The van der Waals surface area contributed by atoms with Crippen LogP contribution < -0.4 is 4.90 Å². The predicted molar refractivity (Wildman–Crippen MR) is 240 cm³/mol. The van der Waals surface area contributed by atoms with Crippen LogP contribution in [0.1, 0.15) is 25.0 Å². The topological polar surface area (TPSA) is 16.4 Å². The summed E-state index contributed by atoms with van der Waals surface area (Å²) in [5.74, 6) is 0. The molecule has 0 radical (unpaired) electrons. The molecule has 1 aliphatic carbocycles. The van der Waals surface area contributed by atoms with Crippen molar-refractivity contribution >= 4 is 49.8 Å². The van der Waals surface area contributed by atoms with Gasteiger partial charge < -0.3 is 9.32 Å². The standard InChI is InChI=1S/C55H39NO/c1-55(2)48-23-10-8-19-44(48)45-22-13-24-50(53(45)55)56(41-32-30-39(31-33-41)38-28-26-37(27-29-38)36-14-4-3-5-15-36)49-35-34-46(43-21-12-17-40-16-6-7-18-42(40)43)54-52(49)47-20-9-11-25-51(47)57-54/h3-35H,1-2H3. The summed E-state index contributed by atoms with van der Waals surface area (Å²) in [6, 6.07) is 72.5. The summed E-state index contributed by atoms with van der Waals surface area (Å²) in [5.41, 5.74) is 17.2. The first-order valence-electron chi connectivity index (χ1n) is 19.8. The zero-order chi connectivity index (χ0) is 38.1. The lowest BCUT2D eigenvalue weighted by Crippen LogP contribution is -2.20. The molecule has 0 fully saturated rings. The van der Waals surface area contributed by atoms with Gasteiger partial charge >= 0.3 is 0 Å². The highest BCUT2D eigenvalue weighted by Gasteiger charge is 2.39. The fourth-order valence-electron chi connectivity index (χ4n) is 9.37. The second-order valence-electron chi connectivity index (χ2n) is 15.7. The van der Waals surface area contributed by atoms with E-state index in [4.69, 9.17) is 4.42 Å². The highest BCUT2D eigenvalue weighted by Crippen LogP contribution is 2.55. The van der Waals surface area contributed by atoms with Crippen LogP contribution in [0.3, 0.4) is 0 Å². The van der Waals surface area contributed by atoms with E-state index in [9.17, 15) is 0 Å². The number of nitrogens with zero attached hydrogens (tertiary/aromatic N) is 1. The number of hydrogen-bond donors (Lipinski definition) is 0. The lowest BCUT2D eigenvalue weighted by molar-refractivity contribution is 0.661. The maximum absolute atomic E-state index is 6.93. The van der Waals surface area contributed by atoms with E-state index in [1.54, 1.807) is 0 Å². The average molecular weight is 730 g/mol. The maximum Gasteiger partial charge on any atom is 0.145 e. The molecule has 2 heteroatoms. The number of para-hydroxylation sites is 1. The lowest BCUT2D eigenvalue weighted by atomic mass is 9.81. The molecule has 1 heterocycles. The zero-order valence-corrected chi connectivity index (χ0v) is 31.9. The van der Waals surface area contributed by atoms with Gasteiger partial charge in [0, 0.05) is 22.1 Å². The first-order valence-corrected chi connectivity index (χ1v) is 19.8. The van der Waals surface area contributed by atoms with E-state index in [0.717, 1.165) is 50.1 Å². The van der Waals surface area contributed by atoms with Gasteiger partial charge in [0.25, 0.3) is 0 Å². The molecule has 270 valence electrons. The summed E-state index contributed by atoms with van der Waals surface area (Å²) in [6.45, 7) is 4.74. The van der Waals surface area contributed by atoms with Gasteiger partial charge in [0.15, 0.2) is 0 Å². The van der Waals surface area contributed by atoms with Crippen molar-refractivity contribution in [1.29, 1.82) is 0 Å². The van der Waals surface area contributed by atoms with Gasteiger partial charge in [0.1, 0.15) is 11.2 Å². The van der Waals surface area contributed by atoms with Crippen molar-refractivity contribution < 1.29 is 4.42 Å². The molecule has 0 N–H and O–H groups in total. The highest BCUT2D eigenvalue weighted by atomic mass is 16.3. The number of fused-ring (bicyclic) bond motifs is 7. The monoisotopic (exact) mass is 729 g/mol. The third kappa shape index (κ3) is 5.25. The second kappa shape index (κ2) is 13.0. The molecule has 2 nitrogen and oxygen atoms in total. The van der Waals surface area contributed by atoms with Crippen LogP contribution in [0.2, 0.25) is 0 Å². The molecular formula is C55H39NO. The summed E-state index contributed by atoms with van der Waals surface area (Å²) in [4.78, 5) is 2.48. The molecule has 0 amide bonds. The van der Waals surface area contributed by atoms with Gasteiger partial charge in [-0.3, -0.25) is 0 Å². The number of anilines is 3. The van der Waals surface area contributed by atoms with E-state index in [-0.39, 0.29) is 5.41 Å². The Morgan fingerprint density at radius 3 is 1.77 bits per heavy atom. The molecule has 0 saturated heterocycles. The summed E-state index contributed by atoms with van der Waals surface area (Å²) >= 11 is 0. The van der Waals surface area contributed by atoms with Crippen molar-refractivity contribution in [3.05, 3.63) is 211 Å². The van der Waals surface area contributed by atoms with Crippen molar-refractivity contribution in [3.63, 3.8) is 0 Å². The van der Waals surface area contributed by atoms with E-state index < -0.39 is 0 Å². The van der Waals surface area contributed by atoms with Gasteiger partial charge in [-0.15, -0.1) is 0 Å². The number of benzene rings is 9.